The summed E-state index contributed by atoms with van der Waals surface area (Å²) in [5.74, 6) is -1.89. The number of halogens is 2. The van der Waals surface area contributed by atoms with Crippen molar-refractivity contribution in [2.75, 3.05) is 13.1 Å². The van der Waals surface area contributed by atoms with Crippen molar-refractivity contribution in [3.05, 3.63) is 35.4 Å². The molecule has 1 aliphatic heterocycles. The van der Waals surface area contributed by atoms with E-state index in [1.54, 1.807) is 0 Å². The number of nitrogens with zero attached hydrogens (tertiary/aromatic N) is 1. The van der Waals surface area contributed by atoms with Gasteiger partial charge in [-0.1, -0.05) is 6.92 Å². The van der Waals surface area contributed by atoms with Crippen LogP contribution >= 0.6 is 0 Å². The second kappa shape index (κ2) is 7.33. The Balaban J connectivity index is 1.88. The van der Waals surface area contributed by atoms with Crippen molar-refractivity contribution in [1.29, 1.82) is 0 Å². The molecule has 4 nitrogen and oxygen atoms in total. The van der Waals surface area contributed by atoms with E-state index in [2.05, 4.69) is 5.32 Å². The molecule has 1 aliphatic rings. The van der Waals surface area contributed by atoms with Gasteiger partial charge >= 0.3 is 0 Å². The zero-order valence-corrected chi connectivity index (χ0v) is 12.6. The Bertz CT molecular complexity index is 563. The summed E-state index contributed by atoms with van der Waals surface area (Å²) in [6.45, 7) is 3.06. The molecular weight excluding hydrogens is 290 g/mol. The maximum atomic E-state index is 13.5. The monoisotopic (exact) mass is 310 g/mol. The molecule has 1 saturated heterocycles. The maximum absolute atomic E-state index is 13.5. The second-order valence-electron chi connectivity index (χ2n) is 5.42. The third-order valence-corrected chi connectivity index (χ3v) is 3.96. The second-order valence-corrected chi connectivity index (χ2v) is 5.42. The lowest BCUT2D eigenvalue weighted by atomic mass is 10.1. The average molecular weight is 310 g/mol. The highest BCUT2D eigenvalue weighted by Gasteiger charge is 2.26. The molecular formula is C16H20F2N2O2. The summed E-state index contributed by atoms with van der Waals surface area (Å²) < 4.78 is 26.6. The van der Waals surface area contributed by atoms with Crippen LogP contribution < -0.4 is 5.32 Å². The van der Waals surface area contributed by atoms with Crippen LogP contribution in [0, 0.1) is 11.6 Å². The number of rotatable bonds is 6. The summed E-state index contributed by atoms with van der Waals surface area (Å²) in [7, 11) is 0. The van der Waals surface area contributed by atoms with Crippen LogP contribution in [0.2, 0.25) is 0 Å². The Labute approximate surface area is 128 Å². The van der Waals surface area contributed by atoms with Crippen molar-refractivity contribution in [1.82, 2.24) is 10.2 Å². The smallest absolute Gasteiger partial charge is 0.254 e. The van der Waals surface area contributed by atoms with Crippen molar-refractivity contribution >= 4 is 11.8 Å². The molecule has 1 N–H and O–H groups in total. The van der Waals surface area contributed by atoms with E-state index in [0.717, 1.165) is 37.6 Å². The predicted molar refractivity (Wildman–Crippen MR) is 78.3 cm³/mol. The van der Waals surface area contributed by atoms with Crippen LogP contribution in [-0.4, -0.2) is 35.8 Å². The molecule has 1 aromatic rings. The van der Waals surface area contributed by atoms with Gasteiger partial charge < -0.3 is 10.2 Å². The molecule has 0 aromatic heterocycles. The highest BCUT2D eigenvalue weighted by Crippen LogP contribution is 2.17. The van der Waals surface area contributed by atoms with E-state index in [1.807, 2.05) is 11.8 Å². The number of carbonyl (C=O) groups excluding carboxylic acids is 2. The summed E-state index contributed by atoms with van der Waals surface area (Å²) in [6, 6.07) is 2.86. The van der Waals surface area contributed by atoms with Gasteiger partial charge in [-0.25, -0.2) is 8.78 Å². The molecule has 120 valence electrons. The first kappa shape index (κ1) is 16.4. The minimum absolute atomic E-state index is 0.0765. The van der Waals surface area contributed by atoms with Gasteiger partial charge in [-0.2, -0.15) is 0 Å². The van der Waals surface area contributed by atoms with E-state index in [9.17, 15) is 18.4 Å². The first-order valence-electron chi connectivity index (χ1n) is 7.55. The molecule has 1 atom stereocenters. The van der Waals surface area contributed by atoms with Gasteiger partial charge in [0.25, 0.3) is 5.91 Å². The van der Waals surface area contributed by atoms with E-state index in [4.69, 9.17) is 0 Å². The van der Waals surface area contributed by atoms with Crippen molar-refractivity contribution in [3.63, 3.8) is 0 Å². The number of hydrogen-bond donors (Lipinski definition) is 1. The summed E-state index contributed by atoms with van der Waals surface area (Å²) >= 11 is 0. The largest absolute Gasteiger partial charge is 0.352 e. The van der Waals surface area contributed by atoms with E-state index >= 15 is 0 Å². The van der Waals surface area contributed by atoms with Crippen LogP contribution in [0.25, 0.3) is 0 Å². The van der Waals surface area contributed by atoms with Crippen molar-refractivity contribution in [2.24, 2.45) is 0 Å². The molecule has 1 aromatic carbocycles. The van der Waals surface area contributed by atoms with E-state index in [-0.39, 0.29) is 17.5 Å². The summed E-state index contributed by atoms with van der Waals surface area (Å²) in [4.78, 5) is 25.4. The third-order valence-electron chi connectivity index (χ3n) is 3.96. The summed E-state index contributed by atoms with van der Waals surface area (Å²) in [5.41, 5.74) is -0.301. The Hall–Kier alpha value is -1.98. The molecule has 0 spiro atoms. The van der Waals surface area contributed by atoms with Gasteiger partial charge in [0, 0.05) is 25.6 Å². The van der Waals surface area contributed by atoms with Crippen molar-refractivity contribution < 1.29 is 18.4 Å². The fourth-order valence-corrected chi connectivity index (χ4v) is 2.75. The summed E-state index contributed by atoms with van der Waals surface area (Å²) in [6.07, 6.45) is 2.86. The van der Waals surface area contributed by atoms with Gasteiger partial charge in [0.05, 0.1) is 5.56 Å². The average Bonchev–Trinajstić information content (AvgIpc) is 2.92. The number of likely N-dealkylation sites (tertiary alicyclic amines) is 1. The molecule has 2 amide bonds. The van der Waals surface area contributed by atoms with Crippen LogP contribution in [0.3, 0.4) is 0 Å². The lowest BCUT2D eigenvalue weighted by molar-refractivity contribution is -0.129. The number of hydrogen-bond acceptors (Lipinski definition) is 2. The van der Waals surface area contributed by atoms with Gasteiger partial charge in [0.1, 0.15) is 11.6 Å². The first-order valence-corrected chi connectivity index (χ1v) is 7.55. The fraction of sp³-hybridized carbons (Fsp3) is 0.500. The van der Waals surface area contributed by atoms with E-state index < -0.39 is 17.5 Å². The molecule has 1 fully saturated rings. The molecule has 1 heterocycles. The minimum Gasteiger partial charge on any atom is -0.352 e. The normalized spacial score (nSPS) is 16.0. The Morgan fingerprint density at radius 1 is 1.41 bits per heavy atom. The lowest BCUT2D eigenvalue weighted by Crippen LogP contribution is -2.38. The number of carbonyl (C=O) groups is 2. The van der Waals surface area contributed by atoms with Crippen LogP contribution in [0.15, 0.2) is 18.2 Å². The maximum Gasteiger partial charge on any atom is 0.254 e. The quantitative estimate of drug-likeness (QED) is 0.877. The standard InChI is InChI=1S/C16H20F2N2O2/c1-2-12(20-9-3-4-15(20)21)7-8-19-16(22)13-10-11(17)5-6-14(13)18/h5-6,10,12H,2-4,7-9H2,1H3,(H,19,22)/t12-/m1/s1. The van der Waals surface area contributed by atoms with Gasteiger partial charge in [-0.05, 0) is 37.5 Å². The van der Waals surface area contributed by atoms with Gasteiger partial charge in [0.2, 0.25) is 5.91 Å². The van der Waals surface area contributed by atoms with E-state index in [0.29, 0.717) is 19.4 Å². The fourth-order valence-electron chi connectivity index (χ4n) is 2.75. The van der Waals surface area contributed by atoms with Gasteiger partial charge in [-0.15, -0.1) is 0 Å². The summed E-state index contributed by atoms with van der Waals surface area (Å²) in [5, 5.41) is 2.59. The van der Waals surface area contributed by atoms with Crippen LogP contribution in [0.1, 0.15) is 43.0 Å². The van der Waals surface area contributed by atoms with Crippen molar-refractivity contribution in [2.45, 2.75) is 38.6 Å². The zero-order chi connectivity index (χ0) is 16.1. The van der Waals surface area contributed by atoms with Crippen LogP contribution in [0.4, 0.5) is 8.78 Å². The van der Waals surface area contributed by atoms with Gasteiger partial charge in [-0.3, -0.25) is 9.59 Å². The van der Waals surface area contributed by atoms with E-state index in [1.165, 1.54) is 0 Å². The molecule has 0 saturated carbocycles. The van der Waals surface area contributed by atoms with Crippen LogP contribution in [0.5, 0.6) is 0 Å². The predicted octanol–water partition coefficient (Wildman–Crippen LogP) is 2.49. The Morgan fingerprint density at radius 2 is 2.18 bits per heavy atom. The molecule has 6 heteroatoms. The van der Waals surface area contributed by atoms with Gasteiger partial charge in [0.15, 0.2) is 0 Å². The Morgan fingerprint density at radius 3 is 2.82 bits per heavy atom. The third kappa shape index (κ3) is 3.81. The zero-order valence-electron chi connectivity index (χ0n) is 12.6. The first-order chi connectivity index (χ1) is 10.5. The minimum atomic E-state index is -0.749. The number of nitrogens with one attached hydrogen (secondary N) is 1. The lowest BCUT2D eigenvalue weighted by Gasteiger charge is -2.26. The SMILES string of the molecule is CC[C@H](CCNC(=O)c1cc(F)ccc1F)N1CCCC1=O. The molecule has 0 bridgehead atoms. The molecule has 0 aliphatic carbocycles. The molecule has 0 radical (unpaired) electrons. The topological polar surface area (TPSA) is 49.4 Å². The highest BCUT2D eigenvalue weighted by molar-refractivity contribution is 5.94. The van der Waals surface area contributed by atoms with Crippen LogP contribution in [-0.2, 0) is 4.79 Å². The molecule has 2 rings (SSSR count). The Kier molecular flexibility index (Phi) is 5.46. The molecule has 22 heavy (non-hydrogen) atoms. The molecule has 0 unspecified atom stereocenters. The van der Waals surface area contributed by atoms with Crippen molar-refractivity contribution in [3.8, 4) is 0 Å². The number of amides is 2. The highest BCUT2D eigenvalue weighted by atomic mass is 19.1. The number of benzene rings is 1.